The van der Waals surface area contributed by atoms with E-state index in [4.69, 9.17) is 9.72 Å². The first-order valence-corrected chi connectivity index (χ1v) is 12.7. The zero-order valence-electron chi connectivity index (χ0n) is 21.2. The molecule has 0 radical (unpaired) electrons. The number of carboxylic acids is 1. The summed E-state index contributed by atoms with van der Waals surface area (Å²) in [6.07, 6.45) is 5.35. The Morgan fingerprint density at radius 1 is 0.949 bits per heavy atom. The topological polar surface area (TPSA) is 106 Å². The number of carbonyl (C=O) groups is 2. The maximum Gasteiger partial charge on any atom is 0.413 e. The molecule has 1 aliphatic rings. The summed E-state index contributed by atoms with van der Waals surface area (Å²) in [7, 11) is 0. The number of nitrogens with zero attached hydrogens (tertiary/aromatic N) is 3. The number of amides is 1. The Morgan fingerprint density at radius 2 is 1.59 bits per heavy atom. The van der Waals surface area contributed by atoms with Gasteiger partial charge in [-0.25, -0.2) is 9.78 Å². The van der Waals surface area contributed by atoms with Crippen molar-refractivity contribution in [2.45, 2.75) is 31.3 Å². The van der Waals surface area contributed by atoms with Gasteiger partial charge < -0.3 is 9.84 Å². The quantitative estimate of drug-likeness (QED) is 0.255. The molecule has 2 N–H and O–H groups in total. The van der Waals surface area contributed by atoms with Crippen LogP contribution in [0.15, 0.2) is 97.5 Å². The molecule has 0 aliphatic heterocycles. The molecule has 1 aliphatic carbocycles. The highest BCUT2D eigenvalue weighted by atomic mass is 16.6. The number of fused-ring (bicyclic) bond motifs is 1. The van der Waals surface area contributed by atoms with E-state index in [-0.39, 0.29) is 0 Å². The van der Waals surface area contributed by atoms with Crippen LogP contribution in [0.5, 0.6) is 0 Å². The minimum absolute atomic E-state index is 0.425. The van der Waals surface area contributed by atoms with Gasteiger partial charge in [0.2, 0.25) is 0 Å². The molecule has 0 saturated heterocycles. The standard InChI is InChI=1S/C31H26N4O4/c1-20(21-5-3-2-4-6-21)39-30(38)34-28-27(33-26-19-32-17-18-35(26)28)24-9-7-22(8-10-24)23-11-13-25(14-12-23)31(15-16-31)29(36)37/h2-14,17-20H,15-16H2,1H3,(H,34,38)(H,36,37). The molecule has 0 bridgehead atoms. The number of aliphatic carboxylic acids is 1. The molecule has 194 valence electrons. The highest BCUT2D eigenvalue weighted by Crippen LogP contribution is 2.48. The molecule has 5 aromatic rings. The van der Waals surface area contributed by atoms with Gasteiger partial charge in [-0.05, 0) is 42.0 Å². The van der Waals surface area contributed by atoms with Crippen molar-refractivity contribution in [3.8, 4) is 22.4 Å². The van der Waals surface area contributed by atoms with Crippen molar-refractivity contribution in [3.63, 3.8) is 0 Å². The van der Waals surface area contributed by atoms with Crippen LogP contribution in [0.1, 0.15) is 37.0 Å². The van der Waals surface area contributed by atoms with Crippen molar-refractivity contribution in [2.75, 3.05) is 5.32 Å². The summed E-state index contributed by atoms with van der Waals surface area (Å²) >= 11 is 0. The van der Waals surface area contributed by atoms with Crippen LogP contribution >= 0.6 is 0 Å². The van der Waals surface area contributed by atoms with E-state index in [9.17, 15) is 14.7 Å². The third kappa shape index (κ3) is 4.61. The number of ether oxygens (including phenoxy) is 1. The maximum absolute atomic E-state index is 12.9. The van der Waals surface area contributed by atoms with Crippen molar-refractivity contribution in [1.82, 2.24) is 14.4 Å². The van der Waals surface area contributed by atoms with E-state index in [0.29, 0.717) is 30.0 Å². The van der Waals surface area contributed by atoms with Crippen molar-refractivity contribution in [1.29, 1.82) is 0 Å². The first-order chi connectivity index (χ1) is 18.9. The van der Waals surface area contributed by atoms with Gasteiger partial charge in [0.1, 0.15) is 17.6 Å². The summed E-state index contributed by atoms with van der Waals surface area (Å²) in [5.41, 5.74) is 4.99. The Kier molecular flexibility index (Phi) is 6.07. The second-order valence-corrected chi connectivity index (χ2v) is 9.74. The Balaban J connectivity index is 1.25. The summed E-state index contributed by atoms with van der Waals surface area (Å²) in [5, 5.41) is 12.4. The monoisotopic (exact) mass is 518 g/mol. The number of rotatable bonds is 7. The van der Waals surface area contributed by atoms with Gasteiger partial charge in [-0.3, -0.25) is 19.5 Å². The van der Waals surface area contributed by atoms with Crippen molar-refractivity contribution < 1.29 is 19.4 Å². The van der Waals surface area contributed by atoms with Gasteiger partial charge in [0.25, 0.3) is 0 Å². The van der Waals surface area contributed by atoms with Crippen LogP contribution in [0.2, 0.25) is 0 Å². The van der Waals surface area contributed by atoms with E-state index in [0.717, 1.165) is 27.8 Å². The zero-order valence-corrected chi connectivity index (χ0v) is 21.2. The predicted molar refractivity (Wildman–Crippen MR) is 147 cm³/mol. The van der Waals surface area contributed by atoms with Gasteiger partial charge in [-0.15, -0.1) is 0 Å². The summed E-state index contributed by atoms with van der Waals surface area (Å²) in [6.45, 7) is 1.83. The zero-order chi connectivity index (χ0) is 27.0. The number of carbonyl (C=O) groups excluding carboxylic acids is 1. The minimum Gasteiger partial charge on any atom is -0.481 e. The van der Waals surface area contributed by atoms with Crippen molar-refractivity contribution >= 4 is 23.5 Å². The fourth-order valence-corrected chi connectivity index (χ4v) is 4.86. The van der Waals surface area contributed by atoms with Crippen LogP contribution in [-0.4, -0.2) is 31.5 Å². The Hall–Kier alpha value is -4.98. The Labute approximate surface area is 224 Å². The molecular weight excluding hydrogens is 492 g/mol. The molecule has 1 atom stereocenters. The lowest BCUT2D eigenvalue weighted by atomic mass is 9.93. The van der Waals surface area contributed by atoms with E-state index in [1.807, 2.05) is 85.8 Å². The van der Waals surface area contributed by atoms with Crippen molar-refractivity contribution in [2.24, 2.45) is 0 Å². The number of anilines is 1. The van der Waals surface area contributed by atoms with Crippen LogP contribution in [0.3, 0.4) is 0 Å². The fourth-order valence-electron chi connectivity index (χ4n) is 4.86. The maximum atomic E-state index is 12.9. The summed E-state index contributed by atoms with van der Waals surface area (Å²) in [6, 6.07) is 25.1. The average molecular weight is 519 g/mol. The molecular formula is C31H26N4O4. The van der Waals surface area contributed by atoms with E-state index in [1.165, 1.54) is 0 Å². The smallest absolute Gasteiger partial charge is 0.413 e. The van der Waals surface area contributed by atoms with Crippen LogP contribution in [0, 0.1) is 0 Å². The van der Waals surface area contributed by atoms with Gasteiger partial charge in [-0.2, -0.15) is 0 Å². The number of nitrogens with one attached hydrogen (secondary N) is 1. The second kappa shape index (κ2) is 9.72. The predicted octanol–water partition coefficient (Wildman–Crippen LogP) is 6.49. The summed E-state index contributed by atoms with van der Waals surface area (Å²) < 4.78 is 7.40. The second-order valence-electron chi connectivity index (χ2n) is 9.74. The lowest BCUT2D eigenvalue weighted by Gasteiger charge is -2.15. The largest absolute Gasteiger partial charge is 0.481 e. The van der Waals surface area contributed by atoms with E-state index < -0.39 is 23.6 Å². The molecule has 8 heteroatoms. The van der Waals surface area contributed by atoms with Crippen LogP contribution < -0.4 is 5.32 Å². The fraction of sp³-hybridized carbons (Fsp3) is 0.161. The average Bonchev–Trinajstić information content (AvgIpc) is 3.71. The molecule has 3 aromatic carbocycles. The molecule has 6 rings (SSSR count). The molecule has 1 unspecified atom stereocenters. The molecule has 1 saturated carbocycles. The lowest BCUT2D eigenvalue weighted by molar-refractivity contribution is -0.140. The van der Waals surface area contributed by atoms with Gasteiger partial charge >= 0.3 is 12.1 Å². The highest BCUT2D eigenvalue weighted by molar-refractivity contribution is 5.91. The molecule has 8 nitrogen and oxygen atoms in total. The number of benzene rings is 3. The number of imidazole rings is 1. The van der Waals surface area contributed by atoms with Gasteiger partial charge in [-0.1, -0.05) is 78.9 Å². The SMILES string of the molecule is CC(OC(=O)Nc1c(-c2ccc(-c3ccc(C4(C(=O)O)CC4)cc3)cc2)nc2cnccn12)c1ccccc1. The third-order valence-electron chi connectivity index (χ3n) is 7.29. The van der Waals surface area contributed by atoms with Crippen LogP contribution in [0.4, 0.5) is 10.6 Å². The normalized spacial score (nSPS) is 14.5. The first kappa shape index (κ1) is 24.4. The van der Waals surface area contributed by atoms with Gasteiger partial charge in [0, 0.05) is 18.0 Å². The van der Waals surface area contributed by atoms with Crippen LogP contribution in [-0.2, 0) is 14.9 Å². The third-order valence-corrected chi connectivity index (χ3v) is 7.29. The minimum atomic E-state index is -0.759. The highest BCUT2D eigenvalue weighted by Gasteiger charge is 2.51. The number of carboxylic acid groups (broad SMARTS) is 1. The first-order valence-electron chi connectivity index (χ1n) is 12.7. The molecule has 2 heterocycles. The number of aromatic nitrogens is 3. The molecule has 1 fully saturated rings. The summed E-state index contributed by atoms with van der Waals surface area (Å²) in [4.78, 5) is 33.4. The Morgan fingerprint density at radius 3 is 2.23 bits per heavy atom. The Bertz CT molecular complexity index is 1660. The molecule has 1 amide bonds. The van der Waals surface area contributed by atoms with Gasteiger partial charge in [0.05, 0.1) is 11.6 Å². The molecule has 39 heavy (non-hydrogen) atoms. The van der Waals surface area contributed by atoms with E-state index in [2.05, 4.69) is 10.3 Å². The van der Waals surface area contributed by atoms with E-state index in [1.54, 1.807) is 23.0 Å². The van der Waals surface area contributed by atoms with Crippen LogP contribution in [0.25, 0.3) is 28.0 Å². The van der Waals surface area contributed by atoms with Gasteiger partial charge in [0.15, 0.2) is 5.65 Å². The number of hydrogen-bond donors (Lipinski definition) is 2. The summed E-state index contributed by atoms with van der Waals surface area (Å²) in [5.74, 6) is -0.275. The molecule has 2 aromatic heterocycles. The van der Waals surface area contributed by atoms with E-state index >= 15 is 0 Å². The number of hydrogen-bond acceptors (Lipinski definition) is 5. The molecule has 0 spiro atoms. The van der Waals surface area contributed by atoms with Crippen molar-refractivity contribution in [3.05, 3.63) is 109 Å². The lowest BCUT2D eigenvalue weighted by Crippen LogP contribution is -2.19.